The molecule has 2 aliphatic rings. The van der Waals surface area contributed by atoms with Crippen molar-refractivity contribution < 1.29 is 42.5 Å². The third-order valence-corrected chi connectivity index (χ3v) is 8.23. The number of aliphatic imine (C=N–C) groups is 1. The minimum atomic E-state index is -4.23. The second-order valence-electron chi connectivity index (χ2n) is 9.55. The zero-order valence-corrected chi connectivity index (χ0v) is 24.5. The number of carbonyl (C=O) groups is 1. The number of halogens is 1. The Morgan fingerprint density at radius 1 is 1.43 bits per heavy atom. The largest absolute Gasteiger partial charge is 0.465 e. The lowest BCUT2D eigenvalue weighted by Crippen LogP contribution is -2.57. The number of nitrogens with zero attached hydrogens (tertiary/aromatic N) is 4. The van der Waals surface area contributed by atoms with E-state index >= 15 is 0 Å². The number of benzene rings is 1. The number of hydrazone groups is 1. The normalized spacial score (nSPS) is 28.7. The summed E-state index contributed by atoms with van der Waals surface area (Å²) in [5, 5.41) is 39.8. The van der Waals surface area contributed by atoms with Gasteiger partial charge in [-0.25, -0.2) is 19.0 Å². The first-order chi connectivity index (χ1) is 19.7. The first-order valence-electron chi connectivity index (χ1n) is 12.9. The van der Waals surface area contributed by atoms with Crippen LogP contribution in [0.4, 0.5) is 4.39 Å². The molecule has 14 nitrogen and oxygen atoms in total. The van der Waals surface area contributed by atoms with E-state index in [9.17, 15) is 29.2 Å². The third-order valence-electron chi connectivity index (χ3n) is 6.56. The van der Waals surface area contributed by atoms with Crippen LogP contribution >= 0.6 is 7.75 Å². The number of aliphatic hydroxyl groups is 2. The molecule has 0 saturated carbocycles. The Bertz CT molecular complexity index is 1360. The SMILES string of the molecule is C=C(N1N=CN=C(N)C1=C(C)F)C1(C#N)OC(CCOP(=O)(NC(C)C(=O)OCC)Oc2ccccc2)C(O)C1(C)O. The molecule has 2 aliphatic heterocycles. The summed E-state index contributed by atoms with van der Waals surface area (Å²) in [6, 6.07) is 8.82. The Morgan fingerprint density at radius 2 is 2.10 bits per heavy atom. The van der Waals surface area contributed by atoms with Gasteiger partial charge in [-0.15, -0.1) is 0 Å². The van der Waals surface area contributed by atoms with Crippen molar-refractivity contribution >= 4 is 25.9 Å². The lowest BCUT2D eigenvalue weighted by atomic mass is 9.80. The van der Waals surface area contributed by atoms with Crippen molar-refractivity contribution in [2.45, 2.75) is 63.6 Å². The monoisotopic (exact) mass is 608 g/mol. The number of nitriles is 1. The number of allylic oxidation sites excluding steroid dienone is 1. The molecular weight excluding hydrogens is 574 g/mol. The molecule has 5 N–H and O–H groups in total. The van der Waals surface area contributed by atoms with Gasteiger partial charge in [-0.3, -0.25) is 9.32 Å². The first kappa shape index (κ1) is 32.9. The Morgan fingerprint density at radius 3 is 2.69 bits per heavy atom. The molecular formula is C26H34FN6O8P. The maximum absolute atomic E-state index is 14.4. The van der Waals surface area contributed by atoms with E-state index in [4.69, 9.17) is 24.3 Å². The van der Waals surface area contributed by atoms with Crippen molar-refractivity contribution in [3.05, 3.63) is 54.1 Å². The maximum atomic E-state index is 14.4. The molecule has 1 aromatic rings. The quantitative estimate of drug-likeness (QED) is 0.199. The fourth-order valence-corrected chi connectivity index (χ4v) is 5.87. The van der Waals surface area contributed by atoms with Gasteiger partial charge in [-0.05, 0) is 39.8 Å². The van der Waals surface area contributed by atoms with Crippen molar-refractivity contribution in [2.75, 3.05) is 13.2 Å². The van der Waals surface area contributed by atoms with E-state index in [0.717, 1.165) is 25.2 Å². The standard InChI is InChI=1S/C26H34FN6O8P/c1-6-38-24(35)17(3)32-42(37,41-19-10-8-7-9-11-19)39-13-12-20-22(34)25(5,36)26(14-28,40-20)18(4)33-21(16(2)27)23(29)30-15-31-33/h7-11,15,17,20,22,34,36H,4,6,12-13H2,1-3,5H3,(H,32,37)(H2,29,30,31). The van der Waals surface area contributed by atoms with Crippen molar-refractivity contribution in [3.8, 4) is 11.8 Å². The molecule has 0 spiro atoms. The molecule has 6 atom stereocenters. The minimum absolute atomic E-state index is 0.0998. The van der Waals surface area contributed by atoms with Crippen LogP contribution in [0, 0.1) is 11.3 Å². The van der Waals surface area contributed by atoms with Gasteiger partial charge in [0.25, 0.3) is 0 Å². The van der Waals surface area contributed by atoms with Gasteiger partial charge in [0.2, 0.25) is 5.60 Å². The van der Waals surface area contributed by atoms with E-state index in [2.05, 4.69) is 21.8 Å². The molecule has 6 unspecified atom stereocenters. The highest BCUT2D eigenvalue weighted by molar-refractivity contribution is 7.52. The van der Waals surface area contributed by atoms with Crippen LogP contribution in [0.5, 0.6) is 5.75 Å². The van der Waals surface area contributed by atoms with E-state index in [0.29, 0.717) is 0 Å². The van der Waals surface area contributed by atoms with Crippen molar-refractivity contribution in [2.24, 2.45) is 15.8 Å². The predicted octanol–water partition coefficient (Wildman–Crippen LogP) is 2.23. The summed E-state index contributed by atoms with van der Waals surface area (Å²) in [6.45, 7) is 8.78. The number of nitrogens with two attached hydrogens (primary N) is 1. The summed E-state index contributed by atoms with van der Waals surface area (Å²) in [7, 11) is -4.23. The molecule has 3 rings (SSSR count). The highest BCUT2D eigenvalue weighted by Crippen LogP contribution is 2.48. The van der Waals surface area contributed by atoms with Gasteiger partial charge in [-0.1, -0.05) is 24.8 Å². The molecule has 0 bridgehead atoms. The zero-order valence-electron chi connectivity index (χ0n) is 23.6. The lowest BCUT2D eigenvalue weighted by Gasteiger charge is -2.39. The van der Waals surface area contributed by atoms with Gasteiger partial charge in [0.1, 0.15) is 47.4 Å². The highest BCUT2D eigenvalue weighted by Gasteiger charge is 2.66. The predicted molar refractivity (Wildman–Crippen MR) is 149 cm³/mol. The summed E-state index contributed by atoms with van der Waals surface area (Å²) in [5.74, 6) is -1.57. The molecule has 16 heteroatoms. The van der Waals surface area contributed by atoms with Crippen molar-refractivity contribution in [3.63, 3.8) is 0 Å². The molecule has 1 saturated heterocycles. The first-order valence-corrected chi connectivity index (χ1v) is 14.4. The van der Waals surface area contributed by atoms with Crippen LogP contribution in [-0.2, 0) is 23.4 Å². The van der Waals surface area contributed by atoms with Crippen molar-refractivity contribution in [1.29, 1.82) is 5.26 Å². The van der Waals surface area contributed by atoms with Gasteiger partial charge in [0, 0.05) is 6.42 Å². The summed E-state index contributed by atoms with van der Waals surface area (Å²) in [4.78, 5) is 15.9. The average Bonchev–Trinajstić information content (AvgIpc) is 3.13. The van der Waals surface area contributed by atoms with E-state index in [1.165, 1.54) is 19.1 Å². The molecule has 0 amide bonds. The molecule has 1 aromatic carbocycles. The number of hydrogen-bond acceptors (Lipinski definition) is 13. The van der Waals surface area contributed by atoms with Crippen LogP contribution in [0.2, 0.25) is 0 Å². The van der Waals surface area contributed by atoms with E-state index in [-0.39, 0.29) is 36.0 Å². The number of para-hydroxylation sites is 1. The summed E-state index contributed by atoms with van der Waals surface area (Å²) >= 11 is 0. The highest BCUT2D eigenvalue weighted by atomic mass is 31.2. The molecule has 228 valence electrons. The van der Waals surface area contributed by atoms with Gasteiger partial charge < -0.3 is 29.9 Å². The zero-order chi connectivity index (χ0) is 31.3. The van der Waals surface area contributed by atoms with Gasteiger partial charge >= 0.3 is 13.7 Å². The van der Waals surface area contributed by atoms with Crippen LogP contribution < -0.4 is 15.3 Å². The molecule has 0 aliphatic carbocycles. The van der Waals surface area contributed by atoms with Crippen LogP contribution in [0.15, 0.2) is 64.2 Å². The van der Waals surface area contributed by atoms with Gasteiger partial charge in [0.05, 0.1) is 25.0 Å². The van der Waals surface area contributed by atoms with E-state index in [1.807, 2.05) is 6.07 Å². The van der Waals surface area contributed by atoms with Gasteiger partial charge in [0.15, 0.2) is 5.84 Å². The maximum Gasteiger partial charge on any atom is 0.459 e. The van der Waals surface area contributed by atoms with Gasteiger partial charge in [-0.2, -0.15) is 15.5 Å². The Labute approximate surface area is 242 Å². The van der Waals surface area contributed by atoms with E-state index < -0.39 is 55.6 Å². The van der Waals surface area contributed by atoms with Crippen LogP contribution in [0.25, 0.3) is 0 Å². The van der Waals surface area contributed by atoms with Crippen LogP contribution in [-0.4, -0.2) is 76.0 Å². The number of rotatable bonds is 12. The summed E-state index contributed by atoms with van der Waals surface area (Å²) in [5.41, 5.74) is 0.499. The number of amidine groups is 1. The smallest absolute Gasteiger partial charge is 0.459 e. The molecule has 42 heavy (non-hydrogen) atoms. The van der Waals surface area contributed by atoms with E-state index in [1.54, 1.807) is 25.1 Å². The Balaban J connectivity index is 1.81. The molecule has 0 aromatic heterocycles. The number of esters is 1. The number of hydrogen-bond donors (Lipinski definition) is 4. The minimum Gasteiger partial charge on any atom is -0.465 e. The second-order valence-corrected chi connectivity index (χ2v) is 11.2. The Kier molecular flexibility index (Phi) is 10.3. The summed E-state index contributed by atoms with van der Waals surface area (Å²) in [6.07, 6.45) is -2.19. The molecule has 0 radical (unpaired) electrons. The Hall–Kier alpha value is -3.64. The number of carbonyl (C=O) groups excluding carboxylic acids is 1. The topological polar surface area (TPSA) is 201 Å². The lowest BCUT2D eigenvalue weighted by molar-refractivity contribution is -0.144. The molecule has 2 heterocycles. The van der Waals surface area contributed by atoms with Crippen LogP contribution in [0.1, 0.15) is 34.1 Å². The third kappa shape index (κ3) is 6.54. The number of nitrogens with one attached hydrogen (secondary N) is 1. The summed E-state index contributed by atoms with van der Waals surface area (Å²) < 4.78 is 50.0. The molecule has 1 fully saturated rings. The second kappa shape index (κ2) is 13.1. The van der Waals surface area contributed by atoms with Crippen LogP contribution in [0.3, 0.4) is 0 Å². The number of aliphatic hydroxyl groups excluding tert-OH is 1. The van der Waals surface area contributed by atoms with Crippen molar-refractivity contribution in [1.82, 2.24) is 10.1 Å². The number of ether oxygens (including phenoxy) is 2. The average molecular weight is 609 g/mol. The fourth-order valence-electron chi connectivity index (χ4n) is 4.36. The fraction of sp³-hybridized carbons (Fsp3) is 0.462.